The van der Waals surface area contributed by atoms with Gasteiger partial charge in [-0.1, -0.05) is 24.3 Å². The van der Waals surface area contributed by atoms with E-state index in [1.54, 1.807) is 6.92 Å². The molecule has 1 aliphatic carbocycles. The van der Waals surface area contributed by atoms with Crippen LogP contribution < -0.4 is 0 Å². The molecule has 0 bridgehead atoms. The lowest BCUT2D eigenvalue weighted by Gasteiger charge is -2.28. The van der Waals surface area contributed by atoms with E-state index in [-0.39, 0.29) is 6.61 Å². The van der Waals surface area contributed by atoms with Gasteiger partial charge < -0.3 is 9.84 Å². The summed E-state index contributed by atoms with van der Waals surface area (Å²) in [5.74, 6) is -2.58. The molecule has 96 valence electrons. The molecule has 0 unspecified atom stereocenters. The fraction of sp³-hybridized carbons (Fsp3) is 0.429. The summed E-state index contributed by atoms with van der Waals surface area (Å²) >= 11 is 0. The summed E-state index contributed by atoms with van der Waals surface area (Å²) in [7, 11) is 0. The summed E-state index contributed by atoms with van der Waals surface area (Å²) in [6.07, 6.45) is 0.848. The molecule has 2 rings (SSSR count). The number of carbonyl (C=O) groups excluding carboxylic acids is 1. The van der Waals surface area contributed by atoms with Crippen molar-refractivity contribution in [3.8, 4) is 0 Å². The van der Waals surface area contributed by atoms with E-state index in [1.165, 1.54) is 0 Å². The minimum atomic E-state index is -0.928. The predicted molar refractivity (Wildman–Crippen MR) is 65.1 cm³/mol. The highest BCUT2D eigenvalue weighted by Gasteiger charge is 2.38. The van der Waals surface area contributed by atoms with E-state index < -0.39 is 23.8 Å². The lowest BCUT2D eigenvalue weighted by Crippen LogP contribution is -2.37. The molecule has 0 saturated carbocycles. The maximum absolute atomic E-state index is 11.8. The Kier molecular flexibility index (Phi) is 3.65. The minimum absolute atomic E-state index is 0.281. The van der Waals surface area contributed by atoms with Gasteiger partial charge in [0.25, 0.3) is 0 Å². The van der Waals surface area contributed by atoms with Crippen LogP contribution in [0.3, 0.4) is 0 Å². The fourth-order valence-corrected chi connectivity index (χ4v) is 2.47. The number of ether oxygens (including phenoxy) is 1. The number of hydrogen-bond donors (Lipinski definition) is 1. The number of carboxylic acid groups (broad SMARTS) is 1. The average molecular weight is 248 g/mol. The van der Waals surface area contributed by atoms with E-state index in [4.69, 9.17) is 4.74 Å². The number of rotatable bonds is 3. The molecule has 0 amide bonds. The van der Waals surface area contributed by atoms with Crippen LogP contribution in [-0.4, -0.2) is 23.7 Å². The van der Waals surface area contributed by atoms with Gasteiger partial charge in [0.2, 0.25) is 0 Å². The molecular formula is C14H16O4. The lowest BCUT2D eigenvalue weighted by molar-refractivity contribution is -0.157. The van der Waals surface area contributed by atoms with Crippen molar-refractivity contribution in [3.05, 3.63) is 35.4 Å². The molecular weight excluding hydrogens is 232 g/mol. The highest BCUT2D eigenvalue weighted by molar-refractivity contribution is 5.82. The van der Waals surface area contributed by atoms with E-state index in [1.807, 2.05) is 24.3 Å². The standard InChI is InChI=1S/C14H16O4/c1-2-18-14(17)12-8-10-6-4-3-5-9(10)7-11(12)13(15)16/h3-6,11-12H,2,7-8H2,1H3,(H,15,16)/t11-,12-/m0/s1. The van der Waals surface area contributed by atoms with Gasteiger partial charge in [0, 0.05) is 0 Å². The number of aliphatic carboxylic acids is 1. The van der Waals surface area contributed by atoms with Crippen molar-refractivity contribution in [2.24, 2.45) is 11.8 Å². The Bertz CT molecular complexity index is 467. The number of esters is 1. The van der Waals surface area contributed by atoms with Crippen molar-refractivity contribution in [2.75, 3.05) is 6.61 Å². The van der Waals surface area contributed by atoms with Gasteiger partial charge in [-0.2, -0.15) is 0 Å². The van der Waals surface area contributed by atoms with Crippen LogP contribution in [0.2, 0.25) is 0 Å². The topological polar surface area (TPSA) is 63.6 Å². The molecule has 1 aliphatic rings. The van der Waals surface area contributed by atoms with Crippen LogP contribution in [-0.2, 0) is 27.2 Å². The highest BCUT2D eigenvalue weighted by Crippen LogP contribution is 2.31. The number of carboxylic acids is 1. The first-order valence-electron chi connectivity index (χ1n) is 6.09. The van der Waals surface area contributed by atoms with Crippen LogP contribution in [0.25, 0.3) is 0 Å². The van der Waals surface area contributed by atoms with Gasteiger partial charge in [-0.25, -0.2) is 0 Å². The van der Waals surface area contributed by atoms with Gasteiger partial charge in [0.15, 0.2) is 0 Å². The summed E-state index contributed by atoms with van der Waals surface area (Å²) in [6, 6.07) is 7.66. The van der Waals surface area contributed by atoms with Gasteiger partial charge in [-0.05, 0) is 30.9 Å². The average Bonchev–Trinajstić information content (AvgIpc) is 2.37. The van der Waals surface area contributed by atoms with E-state index in [0.717, 1.165) is 11.1 Å². The first kappa shape index (κ1) is 12.6. The van der Waals surface area contributed by atoms with Crippen molar-refractivity contribution in [1.29, 1.82) is 0 Å². The second-order valence-corrected chi connectivity index (χ2v) is 4.48. The number of benzene rings is 1. The van der Waals surface area contributed by atoms with Crippen molar-refractivity contribution < 1.29 is 19.4 Å². The first-order chi connectivity index (χ1) is 8.63. The first-order valence-corrected chi connectivity index (χ1v) is 6.09. The van der Waals surface area contributed by atoms with E-state index in [9.17, 15) is 14.7 Å². The van der Waals surface area contributed by atoms with Crippen molar-refractivity contribution in [1.82, 2.24) is 0 Å². The van der Waals surface area contributed by atoms with Crippen LogP contribution >= 0.6 is 0 Å². The highest BCUT2D eigenvalue weighted by atomic mass is 16.5. The molecule has 0 fully saturated rings. The van der Waals surface area contributed by atoms with Gasteiger partial charge in [-0.3, -0.25) is 9.59 Å². The van der Waals surface area contributed by atoms with Crippen LogP contribution in [0.1, 0.15) is 18.1 Å². The quantitative estimate of drug-likeness (QED) is 0.826. The summed E-state index contributed by atoms with van der Waals surface area (Å²) in [4.78, 5) is 23.1. The van der Waals surface area contributed by atoms with E-state index in [0.29, 0.717) is 12.8 Å². The predicted octanol–water partition coefficient (Wildman–Crippen LogP) is 1.67. The third kappa shape index (κ3) is 2.37. The number of carbonyl (C=O) groups is 2. The summed E-state index contributed by atoms with van der Waals surface area (Å²) in [5, 5.41) is 9.24. The summed E-state index contributed by atoms with van der Waals surface area (Å²) in [6.45, 7) is 2.01. The molecule has 0 aliphatic heterocycles. The smallest absolute Gasteiger partial charge is 0.310 e. The van der Waals surface area contributed by atoms with Gasteiger partial charge in [-0.15, -0.1) is 0 Å². The molecule has 0 heterocycles. The Morgan fingerprint density at radius 3 is 2.28 bits per heavy atom. The molecule has 4 heteroatoms. The Hall–Kier alpha value is -1.84. The zero-order chi connectivity index (χ0) is 13.1. The molecule has 0 spiro atoms. The van der Waals surface area contributed by atoms with Gasteiger partial charge in [0.05, 0.1) is 18.4 Å². The molecule has 1 aromatic carbocycles. The van der Waals surface area contributed by atoms with Crippen molar-refractivity contribution in [2.45, 2.75) is 19.8 Å². The van der Waals surface area contributed by atoms with Crippen LogP contribution in [0, 0.1) is 11.8 Å². The zero-order valence-corrected chi connectivity index (χ0v) is 10.3. The number of fused-ring (bicyclic) bond motifs is 1. The molecule has 1 N–H and O–H groups in total. The van der Waals surface area contributed by atoms with Crippen LogP contribution in [0.15, 0.2) is 24.3 Å². The fourth-order valence-electron chi connectivity index (χ4n) is 2.47. The maximum atomic E-state index is 11.8. The van der Waals surface area contributed by atoms with E-state index >= 15 is 0 Å². The van der Waals surface area contributed by atoms with Crippen LogP contribution in [0.5, 0.6) is 0 Å². The van der Waals surface area contributed by atoms with Crippen molar-refractivity contribution >= 4 is 11.9 Å². The largest absolute Gasteiger partial charge is 0.481 e. The van der Waals surface area contributed by atoms with Gasteiger partial charge in [0.1, 0.15) is 0 Å². The van der Waals surface area contributed by atoms with Crippen molar-refractivity contribution in [3.63, 3.8) is 0 Å². The maximum Gasteiger partial charge on any atom is 0.310 e. The second-order valence-electron chi connectivity index (χ2n) is 4.48. The van der Waals surface area contributed by atoms with E-state index in [2.05, 4.69) is 0 Å². The summed E-state index contributed by atoms with van der Waals surface area (Å²) in [5.41, 5.74) is 2.07. The number of hydrogen-bond acceptors (Lipinski definition) is 3. The Morgan fingerprint density at radius 2 is 1.78 bits per heavy atom. The SMILES string of the molecule is CCOC(=O)[C@H]1Cc2ccccc2C[C@@H]1C(=O)O. The lowest BCUT2D eigenvalue weighted by atomic mass is 9.76. The van der Waals surface area contributed by atoms with Crippen LogP contribution in [0.4, 0.5) is 0 Å². The Morgan fingerprint density at radius 1 is 1.22 bits per heavy atom. The second kappa shape index (κ2) is 5.21. The molecule has 2 atom stereocenters. The van der Waals surface area contributed by atoms with Gasteiger partial charge >= 0.3 is 11.9 Å². The third-order valence-corrected chi connectivity index (χ3v) is 3.39. The third-order valence-electron chi connectivity index (χ3n) is 3.39. The summed E-state index contributed by atoms with van der Waals surface area (Å²) < 4.78 is 4.97. The Balaban J connectivity index is 2.28. The normalized spacial score (nSPS) is 22.1. The molecule has 18 heavy (non-hydrogen) atoms. The Labute approximate surface area is 106 Å². The zero-order valence-electron chi connectivity index (χ0n) is 10.3. The molecule has 0 saturated heterocycles. The monoisotopic (exact) mass is 248 g/mol. The molecule has 0 aromatic heterocycles. The molecule has 0 radical (unpaired) electrons. The molecule has 4 nitrogen and oxygen atoms in total. The minimum Gasteiger partial charge on any atom is -0.481 e. The molecule has 1 aromatic rings.